The Morgan fingerprint density at radius 3 is 2.68 bits per heavy atom. The maximum atomic E-state index is 12.8. The molecule has 1 unspecified atom stereocenters. The Balaban J connectivity index is 1.80. The summed E-state index contributed by atoms with van der Waals surface area (Å²) in [5, 5.41) is 11.8. The van der Waals surface area contributed by atoms with Crippen LogP contribution in [0.4, 0.5) is 0 Å². The lowest BCUT2D eigenvalue weighted by Gasteiger charge is -2.20. The highest BCUT2D eigenvalue weighted by atomic mass is 32.1. The molecular weight excluding hydrogens is 412 g/mol. The zero-order valence-corrected chi connectivity index (χ0v) is 17.1. The van der Waals surface area contributed by atoms with Crippen LogP contribution in [0, 0.1) is 11.3 Å². The van der Waals surface area contributed by atoms with Crippen molar-refractivity contribution in [2.45, 2.75) is 6.10 Å². The number of nitrogens with zero attached hydrogens (tertiary/aromatic N) is 4. The molecule has 0 saturated heterocycles. The van der Waals surface area contributed by atoms with E-state index >= 15 is 0 Å². The molecule has 2 aromatic heterocycles. The summed E-state index contributed by atoms with van der Waals surface area (Å²) in [6.07, 6.45) is 1.77. The Morgan fingerprint density at radius 1 is 1.26 bits per heavy atom. The molecular formula is C23H16N4O3S. The number of rotatable bonds is 8. The lowest BCUT2D eigenvalue weighted by Crippen LogP contribution is -2.23. The van der Waals surface area contributed by atoms with Crippen LogP contribution in [0.25, 0.3) is 10.6 Å². The smallest absolute Gasteiger partial charge is 0.352 e. The minimum absolute atomic E-state index is 0.0117. The summed E-state index contributed by atoms with van der Waals surface area (Å²) in [6.45, 7) is 3.60. The van der Waals surface area contributed by atoms with E-state index in [0.717, 1.165) is 4.88 Å². The Kier molecular flexibility index (Phi) is 5.96. The first kappa shape index (κ1) is 20.2. The molecule has 0 bridgehead atoms. The van der Waals surface area contributed by atoms with Gasteiger partial charge in [0.15, 0.2) is 5.84 Å². The largest absolute Gasteiger partial charge is 0.458 e. The summed E-state index contributed by atoms with van der Waals surface area (Å²) >= 11 is 1.49. The molecule has 31 heavy (non-hydrogen) atoms. The number of aromatic nitrogens is 1. The van der Waals surface area contributed by atoms with Gasteiger partial charge in [0.05, 0.1) is 10.6 Å². The topological polar surface area (TPSA) is 96.9 Å². The monoisotopic (exact) mass is 428 g/mol. The van der Waals surface area contributed by atoms with Crippen molar-refractivity contribution in [3.63, 3.8) is 0 Å². The molecule has 3 heterocycles. The average molecular weight is 428 g/mol. The normalized spacial score (nSPS) is 12.8. The van der Waals surface area contributed by atoms with Crippen LogP contribution in [-0.2, 0) is 9.53 Å². The van der Waals surface area contributed by atoms with Crippen LogP contribution in [-0.4, -0.2) is 29.7 Å². The van der Waals surface area contributed by atoms with Crippen molar-refractivity contribution in [3.8, 4) is 22.5 Å². The number of nitriles is 1. The van der Waals surface area contributed by atoms with E-state index in [9.17, 15) is 10.1 Å². The van der Waals surface area contributed by atoms with Crippen LogP contribution in [0.15, 0.2) is 76.6 Å². The highest BCUT2D eigenvalue weighted by Crippen LogP contribution is 2.33. The van der Waals surface area contributed by atoms with Gasteiger partial charge in [0, 0.05) is 11.1 Å². The lowest BCUT2D eigenvalue weighted by molar-refractivity contribution is -0.151. The molecule has 7 nitrogen and oxygen atoms in total. The van der Waals surface area contributed by atoms with Gasteiger partial charge in [-0.3, -0.25) is 0 Å². The second kappa shape index (κ2) is 9.15. The fourth-order valence-corrected chi connectivity index (χ4v) is 3.59. The Labute approximate surface area is 182 Å². The highest BCUT2D eigenvalue weighted by molar-refractivity contribution is 7.13. The van der Waals surface area contributed by atoms with Gasteiger partial charge in [-0.1, -0.05) is 49.1 Å². The Morgan fingerprint density at radius 2 is 2.06 bits per heavy atom. The molecule has 0 spiro atoms. The van der Waals surface area contributed by atoms with Crippen LogP contribution in [0.3, 0.4) is 0 Å². The second-order valence-corrected chi connectivity index (χ2v) is 7.30. The van der Waals surface area contributed by atoms with Crippen LogP contribution >= 0.6 is 11.3 Å². The number of benzene rings is 1. The molecule has 0 fully saturated rings. The van der Waals surface area contributed by atoms with Gasteiger partial charge in [-0.05, 0) is 17.5 Å². The third-order valence-corrected chi connectivity index (χ3v) is 5.25. The second-order valence-electron chi connectivity index (χ2n) is 6.35. The van der Waals surface area contributed by atoms with Gasteiger partial charge in [0.2, 0.25) is 12.0 Å². The summed E-state index contributed by atoms with van der Waals surface area (Å²) in [6, 6.07) is 16.6. The zero-order valence-electron chi connectivity index (χ0n) is 16.3. The van der Waals surface area contributed by atoms with E-state index in [1.54, 1.807) is 30.3 Å². The van der Waals surface area contributed by atoms with E-state index < -0.39 is 12.1 Å². The molecule has 0 saturated carbocycles. The Hall–Kier alpha value is -4.09. The summed E-state index contributed by atoms with van der Waals surface area (Å²) in [5.41, 5.74) is 1.80. The molecule has 1 aromatic carbocycles. The lowest BCUT2D eigenvalue weighted by atomic mass is 10.1. The first-order chi connectivity index (χ1) is 15.2. The number of hydrogen-bond acceptors (Lipinski definition) is 8. The maximum Gasteiger partial charge on any atom is 0.352 e. The van der Waals surface area contributed by atoms with E-state index in [1.165, 1.54) is 23.8 Å². The number of aliphatic imine (C=N–C) groups is 2. The summed E-state index contributed by atoms with van der Waals surface area (Å²) < 4.78 is 11.3. The number of pyridine rings is 1. The summed E-state index contributed by atoms with van der Waals surface area (Å²) in [7, 11) is 0. The predicted octanol–water partition coefficient (Wildman–Crippen LogP) is 4.32. The quantitative estimate of drug-likeness (QED) is 0.393. The van der Waals surface area contributed by atoms with Crippen molar-refractivity contribution >= 4 is 29.5 Å². The molecule has 1 atom stereocenters. The fourth-order valence-electron chi connectivity index (χ4n) is 2.90. The van der Waals surface area contributed by atoms with E-state index in [1.807, 2.05) is 23.6 Å². The molecule has 4 rings (SSSR count). The van der Waals surface area contributed by atoms with E-state index in [2.05, 4.69) is 27.6 Å². The fraction of sp³-hybridized carbons (Fsp3) is 0.0870. The third-order valence-electron chi connectivity index (χ3n) is 4.36. The number of esters is 1. The molecule has 8 heteroatoms. The van der Waals surface area contributed by atoms with Gasteiger partial charge in [-0.2, -0.15) is 5.26 Å². The molecule has 0 N–H and O–H groups in total. The SMILES string of the molecule is C=CCOC(=O)C(Oc1nc(-c2cccs2)cc(C2=NC=N2)c1C#N)c1ccccc1. The van der Waals surface area contributed by atoms with Gasteiger partial charge in [0.1, 0.15) is 24.6 Å². The van der Waals surface area contributed by atoms with E-state index in [-0.39, 0.29) is 18.1 Å². The van der Waals surface area contributed by atoms with E-state index in [0.29, 0.717) is 22.7 Å². The van der Waals surface area contributed by atoms with Crippen molar-refractivity contribution in [2.24, 2.45) is 9.98 Å². The van der Waals surface area contributed by atoms with Crippen molar-refractivity contribution < 1.29 is 14.3 Å². The number of carbonyl (C=O) groups is 1. The molecule has 0 amide bonds. The first-order valence-corrected chi connectivity index (χ1v) is 10.2. The third kappa shape index (κ3) is 4.27. The van der Waals surface area contributed by atoms with Crippen LogP contribution in [0.5, 0.6) is 5.88 Å². The number of hydrogen-bond donors (Lipinski definition) is 0. The van der Waals surface area contributed by atoms with Crippen LogP contribution < -0.4 is 4.74 Å². The van der Waals surface area contributed by atoms with Gasteiger partial charge < -0.3 is 9.47 Å². The standard InChI is InChI=1S/C23H16N4O3S/c1-2-10-29-23(28)20(15-7-4-3-5-8-15)30-22-17(13-24)16(21-25-14-26-21)12-18(27-22)19-9-6-11-31-19/h2-9,11-12,14,20H,1,10H2. The van der Waals surface area contributed by atoms with Crippen molar-refractivity contribution in [1.29, 1.82) is 5.26 Å². The Bertz CT molecular complexity index is 1210. The number of ether oxygens (including phenoxy) is 2. The molecule has 152 valence electrons. The van der Waals surface area contributed by atoms with Gasteiger partial charge in [0.25, 0.3) is 0 Å². The molecule has 0 radical (unpaired) electrons. The first-order valence-electron chi connectivity index (χ1n) is 9.30. The van der Waals surface area contributed by atoms with E-state index in [4.69, 9.17) is 9.47 Å². The summed E-state index contributed by atoms with van der Waals surface area (Å²) in [5.74, 6) is -0.191. The minimum Gasteiger partial charge on any atom is -0.458 e. The van der Waals surface area contributed by atoms with Crippen LogP contribution in [0.1, 0.15) is 22.8 Å². The minimum atomic E-state index is -1.11. The molecule has 1 aliphatic rings. The number of amidine groups is 1. The molecule has 3 aromatic rings. The molecule has 1 aliphatic heterocycles. The number of carbonyl (C=O) groups excluding carboxylic acids is 1. The van der Waals surface area contributed by atoms with Crippen LogP contribution in [0.2, 0.25) is 0 Å². The predicted molar refractivity (Wildman–Crippen MR) is 118 cm³/mol. The van der Waals surface area contributed by atoms with Crippen molar-refractivity contribution in [3.05, 3.63) is 83.3 Å². The van der Waals surface area contributed by atoms with Gasteiger partial charge in [-0.15, -0.1) is 11.3 Å². The van der Waals surface area contributed by atoms with Crippen molar-refractivity contribution in [1.82, 2.24) is 4.98 Å². The van der Waals surface area contributed by atoms with Crippen molar-refractivity contribution in [2.75, 3.05) is 6.61 Å². The highest BCUT2D eigenvalue weighted by Gasteiger charge is 2.28. The molecule has 0 aliphatic carbocycles. The average Bonchev–Trinajstić information content (AvgIpc) is 3.30. The number of thiophene rings is 1. The maximum absolute atomic E-state index is 12.8. The van der Waals surface area contributed by atoms with Gasteiger partial charge in [-0.25, -0.2) is 19.8 Å². The zero-order chi connectivity index (χ0) is 21.6. The summed E-state index contributed by atoms with van der Waals surface area (Å²) in [4.78, 5) is 26.4. The van der Waals surface area contributed by atoms with Gasteiger partial charge >= 0.3 is 5.97 Å².